The molecule has 0 radical (unpaired) electrons. The standard InChI is InChI=1S/C12H16N2O3/c1-13(2)10(15)7-14-11(16)8-5-3-4-6-9(8)12(14)17/h3-4,8-9H,5-7H2,1-2H3. The molecule has 5 nitrogen and oxygen atoms in total. The van der Waals surface area contributed by atoms with Crippen LogP contribution >= 0.6 is 0 Å². The highest BCUT2D eigenvalue weighted by Crippen LogP contribution is 2.34. The van der Waals surface area contributed by atoms with Gasteiger partial charge in [-0.05, 0) is 12.8 Å². The predicted molar refractivity (Wildman–Crippen MR) is 60.8 cm³/mol. The lowest BCUT2D eigenvalue weighted by Crippen LogP contribution is -2.40. The van der Waals surface area contributed by atoms with E-state index in [1.54, 1.807) is 14.1 Å². The van der Waals surface area contributed by atoms with E-state index < -0.39 is 0 Å². The van der Waals surface area contributed by atoms with Gasteiger partial charge in [0.15, 0.2) is 0 Å². The molecule has 1 heterocycles. The van der Waals surface area contributed by atoms with Gasteiger partial charge in [-0.25, -0.2) is 0 Å². The SMILES string of the molecule is CN(C)C(=O)CN1C(=O)C2CC=CCC2C1=O. The molecule has 5 heteroatoms. The number of rotatable bonds is 2. The fourth-order valence-corrected chi connectivity index (χ4v) is 2.30. The molecule has 0 aromatic rings. The third kappa shape index (κ3) is 1.97. The fraction of sp³-hybridized carbons (Fsp3) is 0.583. The number of hydrogen-bond acceptors (Lipinski definition) is 3. The minimum atomic E-state index is -0.248. The van der Waals surface area contributed by atoms with Crippen LogP contribution in [0.1, 0.15) is 12.8 Å². The summed E-state index contributed by atoms with van der Waals surface area (Å²) < 4.78 is 0. The maximum Gasteiger partial charge on any atom is 0.242 e. The number of hydrogen-bond donors (Lipinski definition) is 0. The third-order valence-electron chi connectivity index (χ3n) is 3.39. The number of likely N-dealkylation sites (N-methyl/N-ethyl adjacent to an activating group) is 1. The van der Waals surface area contributed by atoms with Gasteiger partial charge in [0, 0.05) is 14.1 Å². The van der Waals surface area contributed by atoms with E-state index >= 15 is 0 Å². The summed E-state index contributed by atoms with van der Waals surface area (Å²) in [6.07, 6.45) is 5.09. The van der Waals surface area contributed by atoms with E-state index in [0.29, 0.717) is 12.8 Å². The molecule has 0 saturated carbocycles. The van der Waals surface area contributed by atoms with Crippen molar-refractivity contribution >= 4 is 17.7 Å². The van der Waals surface area contributed by atoms with Gasteiger partial charge in [-0.15, -0.1) is 0 Å². The number of carbonyl (C=O) groups excluding carboxylic acids is 3. The molecule has 92 valence electrons. The molecule has 1 aliphatic carbocycles. The number of allylic oxidation sites excluding steroid dienone is 2. The smallest absolute Gasteiger partial charge is 0.242 e. The molecule has 2 unspecified atom stereocenters. The van der Waals surface area contributed by atoms with E-state index in [9.17, 15) is 14.4 Å². The zero-order valence-corrected chi connectivity index (χ0v) is 10.0. The maximum absolute atomic E-state index is 12.0. The first-order chi connectivity index (χ1) is 8.02. The van der Waals surface area contributed by atoms with Gasteiger partial charge in [-0.3, -0.25) is 19.3 Å². The summed E-state index contributed by atoms with van der Waals surface area (Å²) >= 11 is 0. The number of fused-ring (bicyclic) bond motifs is 1. The Morgan fingerprint density at radius 3 is 2.12 bits per heavy atom. The Bertz CT molecular complexity index is 375. The van der Waals surface area contributed by atoms with Crippen LogP contribution in [0.5, 0.6) is 0 Å². The van der Waals surface area contributed by atoms with Gasteiger partial charge in [0.1, 0.15) is 6.54 Å². The lowest BCUT2D eigenvalue weighted by Gasteiger charge is -2.17. The first kappa shape index (κ1) is 11.8. The average molecular weight is 236 g/mol. The monoisotopic (exact) mass is 236 g/mol. The first-order valence-corrected chi connectivity index (χ1v) is 5.72. The number of amides is 3. The van der Waals surface area contributed by atoms with Gasteiger partial charge in [0.2, 0.25) is 17.7 Å². The summed E-state index contributed by atoms with van der Waals surface area (Å²) in [7, 11) is 3.23. The molecule has 1 aliphatic heterocycles. The highest BCUT2D eigenvalue weighted by molar-refractivity contribution is 6.07. The molecule has 2 rings (SSSR count). The minimum Gasteiger partial charge on any atom is -0.347 e. The molecular formula is C12H16N2O3. The summed E-state index contributed by atoms with van der Waals surface area (Å²) in [4.78, 5) is 38.1. The molecule has 1 fully saturated rings. The van der Waals surface area contributed by atoms with Crippen molar-refractivity contribution in [1.82, 2.24) is 9.80 Å². The minimum absolute atomic E-state index is 0.127. The molecule has 2 atom stereocenters. The van der Waals surface area contributed by atoms with Crippen LogP contribution < -0.4 is 0 Å². The molecule has 0 aromatic heterocycles. The number of carbonyl (C=O) groups is 3. The lowest BCUT2D eigenvalue weighted by molar-refractivity contribution is -0.145. The van der Waals surface area contributed by atoms with Crippen LogP contribution in [0, 0.1) is 11.8 Å². The van der Waals surface area contributed by atoms with Crippen molar-refractivity contribution in [2.75, 3.05) is 20.6 Å². The van der Waals surface area contributed by atoms with Gasteiger partial charge in [-0.1, -0.05) is 12.2 Å². The molecule has 0 spiro atoms. The first-order valence-electron chi connectivity index (χ1n) is 5.72. The van der Waals surface area contributed by atoms with E-state index in [0.717, 1.165) is 4.90 Å². The number of imide groups is 1. The van der Waals surface area contributed by atoms with Crippen LogP contribution in [0.25, 0.3) is 0 Å². The molecule has 0 N–H and O–H groups in total. The average Bonchev–Trinajstić information content (AvgIpc) is 2.55. The number of nitrogens with zero attached hydrogens (tertiary/aromatic N) is 2. The molecule has 3 amide bonds. The van der Waals surface area contributed by atoms with Crippen molar-refractivity contribution in [3.05, 3.63) is 12.2 Å². The third-order valence-corrected chi connectivity index (χ3v) is 3.39. The predicted octanol–water partition coefficient (Wildman–Crippen LogP) is 0.0258. The van der Waals surface area contributed by atoms with Crippen molar-refractivity contribution in [3.63, 3.8) is 0 Å². The van der Waals surface area contributed by atoms with Gasteiger partial charge < -0.3 is 4.90 Å². The van der Waals surface area contributed by atoms with Crippen molar-refractivity contribution in [2.45, 2.75) is 12.8 Å². The normalized spacial score (nSPS) is 27.3. The van der Waals surface area contributed by atoms with E-state index in [1.807, 2.05) is 12.2 Å². The quantitative estimate of drug-likeness (QED) is 0.502. The van der Waals surface area contributed by atoms with E-state index in [1.165, 1.54) is 4.90 Å². The molecule has 0 aromatic carbocycles. The Balaban J connectivity index is 2.13. The second-order valence-corrected chi connectivity index (χ2v) is 4.71. The molecule has 17 heavy (non-hydrogen) atoms. The van der Waals surface area contributed by atoms with Crippen LogP contribution in [0.2, 0.25) is 0 Å². The zero-order valence-electron chi connectivity index (χ0n) is 10.0. The lowest BCUT2D eigenvalue weighted by atomic mass is 9.85. The Labute approximate surface area is 100 Å². The molecular weight excluding hydrogens is 220 g/mol. The van der Waals surface area contributed by atoms with Crippen LogP contribution in [-0.2, 0) is 14.4 Å². The molecule has 1 saturated heterocycles. The van der Waals surface area contributed by atoms with Crippen LogP contribution in [0.3, 0.4) is 0 Å². The van der Waals surface area contributed by atoms with Crippen molar-refractivity contribution in [2.24, 2.45) is 11.8 Å². The summed E-state index contributed by atoms with van der Waals surface area (Å²) in [5, 5.41) is 0. The maximum atomic E-state index is 12.0. The van der Waals surface area contributed by atoms with Crippen molar-refractivity contribution in [3.8, 4) is 0 Å². The highest BCUT2D eigenvalue weighted by atomic mass is 16.2. The Hall–Kier alpha value is -1.65. The van der Waals surface area contributed by atoms with Crippen LogP contribution in [0.15, 0.2) is 12.2 Å². The van der Waals surface area contributed by atoms with E-state index in [2.05, 4.69) is 0 Å². The van der Waals surface area contributed by atoms with E-state index in [4.69, 9.17) is 0 Å². The zero-order chi connectivity index (χ0) is 12.6. The Kier molecular flexibility index (Phi) is 3.00. The Morgan fingerprint density at radius 2 is 1.71 bits per heavy atom. The summed E-state index contributed by atoms with van der Waals surface area (Å²) in [6.45, 7) is -0.127. The second-order valence-electron chi connectivity index (χ2n) is 4.71. The van der Waals surface area contributed by atoms with Gasteiger partial charge >= 0.3 is 0 Å². The highest BCUT2D eigenvalue weighted by Gasteiger charge is 2.47. The molecule has 0 bridgehead atoms. The number of likely N-dealkylation sites (tertiary alicyclic amines) is 1. The van der Waals surface area contributed by atoms with Crippen molar-refractivity contribution < 1.29 is 14.4 Å². The van der Waals surface area contributed by atoms with Gasteiger partial charge in [-0.2, -0.15) is 0 Å². The van der Waals surface area contributed by atoms with Gasteiger partial charge in [0.05, 0.1) is 11.8 Å². The fourth-order valence-electron chi connectivity index (χ4n) is 2.30. The Morgan fingerprint density at radius 1 is 1.24 bits per heavy atom. The van der Waals surface area contributed by atoms with Crippen LogP contribution in [-0.4, -0.2) is 48.2 Å². The van der Waals surface area contributed by atoms with Crippen LogP contribution in [0.4, 0.5) is 0 Å². The summed E-state index contributed by atoms with van der Waals surface area (Å²) in [5.41, 5.74) is 0. The summed E-state index contributed by atoms with van der Waals surface area (Å²) in [6, 6.07) is 0. The topological polar surface area (TPSA) is 57.7 Å². The molecule has 2 aliphatic rings. The second kappa shape index (κ2) is 4.31. The largest absolute Gasteiger partial charge is 0.347 e. The summed E-state index contributed by atoms with van der Waals surface area (Å²) in [5.74, 6) is -1.11. The van der Waals surface area contributed by atoms with Gasteiger partial charge in [0.25, 0.3) is 0 Å². The van der Waals surface area contributed by atoms with E-state index in [-0.39, 0.29) is 36.1 Å². The van der Waals surface area contributed by atoms with Crippen molar-refractivity contribution in [1.29, 1.82) is 0 Å².